The molecule has 0 bridgehead atoms. The molecule has 0 fully saturated rings. The van der Waals surface area contributed by atoms with Gasteiger partial charge >= 0.3 is 0 Å². The van der Waals surface area contributed by atoms with E-state index in [1.54, 1.807) is 24.5 Å². The quantitative estimate of drug-likeness (QED) is 0.776. The van der Waals surface area contributed by atoms with Gasteiger partial charge < -0.3 is 14.6 Å². The Morgan fingerprint density at radius 2 is 2.08 bits per heavy atom. The maximum atomic E-state index is 13.4. The van der Waals surface area contributed by atoms with Crippen LogP contribution < -0.4 is 10.1 Å². The molecule has 0 aliphatic carbocycles. The van der Waals surface area contributed by atoms with Crippen molar-refractivity contribution in [2.45, 2.75) is 19.9 Å². The van der Waals surface area contributed by atoms with Gasteiger partial charge in [-0.3, -0.25) is 4.79 Å². The standard InChI is InChI=1S/C18H18FN3O2/c1-12(2)22-11-20-15-9-13(7-8-16(15)22)21-18(23)10-24-17-6-4-3-5-14(17)19/h3-9,11-12H,10H2,1-2H3,(H,21,23). The average molecular weight is 327 g/mol. The number of nitrogens with zero attached hydrogens (tertiary/aromatic N) is 2. The lowest BCUT2D eigenvalue weighted by molar-refractivity contribution is -0.118. The highest BCUT2D eigenvalue weighted by Gasteiger charge is 2.09. The van der Waals surface area contributed by atoms with Crippen LogP contribution in [-0.4, -0.2) is 22.1 Å². The topological polar surface area (TPSA) is 56.2 Å². The van der Waals surface area contributed by atoms with Gasteiger partial charge in [0, 0.05) is 11.7 Å². The van der Waals surface area contributed by atoms with E-state index in [1.165, 1.54) is 12.1 Å². The summed E-state index contributed by atoms with van der Waals surface area (Å²) in [5.74, 6) is -0.800. The summed E-state index contributed by atoms with van der Waals surface area (Å²) in [5, 5.41) is 2.73. The third kappa shape index (κ3) is 3.37. The Bertz CT molecular complexity index is 874. The summed E-state index contributed by atoms with van der Waals surface area (Å²) < 4.78 is 20.7. The van der Waals surface area contributed by atoms with Gasteiger partial charge in [0.2, 0.25) is 0 Å². The molecule has 2 aromatic carbocycles. The SMILES string of the molecule is CC(C)n1cnc2cc(NC(=O)COc3ccccc3F)ccc21. The van der Waals surface area contributed by atoms with Gasteiger partial charge in [0.25, 0.3) is 5.91 Å². The van der Waals surface area contributed by atoms with Crippen molar-refractivity contribution in [2.75, 3.05) is 11.9 Å². The Balaban J connectivity index is 1.66. The fraction of sp³-hybridized carbons (Fsp3) is 0.222. The monoisotopic (exact) mass is 327 g/mol. The molecule has 6 heteroatoms. The Hall–Kier alpha value is -2.89. The number of hydrogen-bond donors (Lipinski definition) is 1. The number of aromatic nitrogens is 2. The molecule has 24 heavy (non-hydrogen) atoms. The predicted octanol–water partition coefficient (Wildman–Crippen LogP) is 3.77. The summed E-state index contributed by atoms with van der Waals surface area (Å²) in [4.78, 5) is 16.3. The number of amides is 1. The smallest absolute Gasteiger partial charge is 0.262 e. The third-order valence-electron chi connectivity index (χ3n) is 3.61. The molecule has 1 N–H and O–H groups in total. The highest BCUT2D eigenvalue weighted by molar-refractivity contribution is 5.94. The molecule has 5 nitrogen and oxygen atoms in total. The van der Waals surface area contributed by atoms with E-state index in [2.05, 4.69) is 28.7 Å². The molecular formula is C18H18FN3O2. The van der Waals surface area contributed by atoms with Gasteiger partial charge in [0.1, 0.15) is 0 Å². The molecule has 0 atom stereocenters. The lowest BCUT2D eigenvalue weighted by Gasteiger charge is -2.09. The molecule has 0 saturated carbocycles. The number of hydrogen-bond acceptors (Lipinski definition) is 3. The average Bonchev–Trinajstić information content (AvgIpc) is 2.97. The van der Waals surface area contributed by atoms with Crippen molar-refractivity contribution in [3.05, 3.63) is 54.6 Å². The molecule has 0 saturated heterocycles. The van der Waals surface area contributed by atoms with Crippen LogP contribution in [0.5, 0.6) is 5.75 Å². The number of anilines is 1. The highest BCUT2D eigenvalue weighted by atomic mass is 19.1. The Morgan fingerprint density at radius 3 is 2.83 bits per heavy atom. The van der Waals surface area contributed by atoms with Crippen molar-refractivity contribution in [3.8, 4) is 5.75 Å². The van der Waals surface area contributed by atoms with Gasteiger partial charge in [-0.25, -0.2) is 9.37 Å². The van der Waals surface area contributed by atoms with Crippen LogP contribution >= 0.6 is 0 Å². The molecule has 0 spiro atoms. The first kappa shape index (κ1) is 16.0. The predicted molar refractivity (Wildman–Crippen MR) is 90.6 cm³/mol. The van der Waals surface area contributed by atoms with E-state index < -0.39 is 5.82 Å². The van der Waals surface area contributed by atoms with Crippen LogP contribution in [0.15, 0.2) is 48.8 Å². The maximum Gasteiger partial charge on any atom is 0.262 e. The van der Waals surface area contributed by atoms with E-state index in [-0.39, 0.29) is 18.3 Å². The summed E-state index contributed by atoms with van der Waals surface area (Å²) >= 11 is 0. The van der Waals surface area contributed by atoms with E-state index in [9.17, 15) is 9.18 Å². The number of carbonyl (C=O) groups is 1. The van der Waals surface area contributed by atoms with Gasteiger partial charge in [0.05, 0.1) is 17.4 Å². The van der Waals surface area contributed by atoms with E-state index in [1.807, 2.05) is 12.1 Å². The van der Waals surface area contributed by atoms with Gasteiger partial charge in [-0.1, -0.05) is 12.1 Å². The van der Waals surface area contributed by atoms with E-state index in [0.29, 0.717) is 11.7 Å². The molecule has 1 amide bonds. The molecule has 0 aliphatic rings. The Labute approximate surface area is 139 Å². The Morgan fingerprint density at radius 1 is 1.29 bits per heavy atom. The summed E-state index contributed by atoms with van der Waals surface area (Å²) in [5.41, 5.74) is 2.43. The van der Waals surface area contributed by atoms with E-state index in [0.717, 1.165) is 11.0 Å². The minimum absolute atomic E-state index is 0.0544. The summed E-state index contributed by atoms with van der Waals surface area (Å²) in [6.07, 6.45) is 1.78. The molecule has 0 aliphatic heterocycles. The molecule has 3 aromatic rings. The third-order valence-corrected chi connectivity index (χ3v) is 3.61. The van der Waals surface area contributed by atoms with Crippen molar-refractivity contribution in [1.82, 2.24) is 9.55 Å². The fourth-order valence-corrected chi connectivity index (χ4v) is 2.42. The number of imidazole rings is 1. The van der Waals surface area contributed by atoms with E-state index in [4.69, 9.17) is 4.74 Å². The minimum atomic E-state index is -0.494. The summed E-state index contributed by atoms with van der Waals surface area (Å²) in [6.45, 7) is 3.90. The van der Waals surface area contributed by atoms with Crippen LogP contribution in [-0.2, 0) is 4.79 Å². The lowest BCUT2D eigenvalue weighted by Crippen LogP contribution is -2.20. The number of ether oxygens (including phenoxy) is 1. The fourth-order valence-electron chi connectivity index (χ4n) is 2.42. The van der Waals surface area contributed by atoms with Crippen molar-refractivity contribution >= 4 is 22.6 Å². The van der Waals surface area contributed by atoms with Crippen LogP contribution in [0.25, 0.3) is 11.0 Å². The highest BCUT2D eigenvalue weighted by Crippen LogP contribution is 2.21. The molecule has 1 heterocycles. The second-order valence-corrected chi connectivity index (χ2v) is 5.72. The summed E-state index contributed by atoms with van der Waals surface area (Å²) in [6, 6.07) is 11.8. The zero-order chi connectivity index (χ0) is 17.1. The minimum Gasteiger partial charge on any atom is -0.481 e. The van der Waals surface area contributed by atoms with Gasteiger partial charge in [-0.05, 0) is 44.2 Å². The van der Waals surface area contributed by atoms with Crippen LogP contribution in [0.2, 0.25) is 0 Å². The second kappa shape index (κ2) is 6.70. The van der Waals surface area contributed by atoms with Crippen molar-refractivity contribution < 1.29 is 13.9 Å². The molecule has 1 aromatic heterocycles. The number of rotatable bonds is 5. The number of halogens is 1. The second-order valence-electron chi connectivity index (χ2n) is 5.72. The molecular weight excluding hydrogens is 309 g/mol. The molecule has 0 radical (unpaired) electrons. The van der Waals surface area contributed by atoms with Crippen LogP contribution in [0.1, 0.15) is 19.9 Å². The molecule has 3 rings (SSSR count). The first-order valence-corrected chi connectivity index (χ1v) is 7.68. The van der Waals surface area contributed by atoms with Gasteiger partial charge in [-0.2, -0.15) is 0 Å². The largest absolute Gasteiger partial charge is 0.481 e. The van der Waals surface area contributed by atoms with Crippen LogP contribution in [0.3, 0.4) is 0 Å². The number of fused-ring (bicyclic) bond motifs is 1. The molecule has 0 unspecified atom stereocenters. The van der Waals surface area contributed by atoms with E-state index >= 15 is 0 Å². The first-order valence-electron chi connectivity index (χ1n) is 7.68. The normalized spacial score (nSPS) is 11.0. The zero-order valence-electron chi connectivity index (χ0n) is 13.5. The summed E-state index contributed by atoms with van der Waals surface area (Å²) in [7, 11) is 0. The Kier molecular flexibility index (Phi) is 4.46. The van der Waals surface area contributed by atoms with Crippen molar-refractivity contribution in [3.63, 3.8) is 0 Å². The van der Waals surface area contributed by atoms with Gasteiger partial charge in [0.15, 0.2) is 18.2 Å². The number of carbonyl (C=O) groups excluding carboxylic acids is 1. The number of nitrogens with one attached hydrogen (secondary N) is 1. The van der Waals surface area contributed by atoms with Crippen molar-refractivity contribution in [2.24, 2.45) is 0 Å². The first-order chi connectivity index (χ1) is 11.5. The van der Waals surface area contributed by atoms with Gasteiger partial charge in [-0.15, -0.1) is 0 Å². The molecule has 124 valence electrons. The van der Waals surface area contributed by atoms with Crippen LogP contribution in [0, 0.1) is 5.82 Å². The number of benzene rings is 2. The number of para-hydroxylation sites is 1. The lowest BCUT2D eigenvalue weighted by atomic mass is 10.2. The van der Waals surface area contributed by atoms with Crippen LogP contribution in [0.4, 0.5) is 10.1 Å². The maximum absolute atomic E-state index is 13.4. The zero-order valence-corrected chi connectivity index (χ0v) is 13.5. The van der Waals surface area contributed by atoms with Crippen molar-refractivity contribution in [1.29, 1.82) is 0 Å².